The molecule has 0 atom stereocenters. The minimum absolute atomic E-state index is 0. The van der Waals surface area contributed by atoms with Crippen LogP contribution in [0.3, 0.4) is 0 Å². The number of aliphatic carboxylic acids is 2. The van der Waals surface area contributed by atoms with Crippen LogP contribution in [0.25, 0.3) is 0 Å². The van der Waals surface area contributed by atoms with E-state index in [4.69, 9.17) is 0 Å². The van der Waals surface area contributed by atoms with E-state index in [-0.39, 0.29) is 51.4 Å². The molecule has 17 heavy (non-hydrogen) atoms. The summed E-state index contributed by atoms with van der Waals surface area (Å²) in [6.45, 7) is 10.5. The van der Waals surface area contributed by atoms with Crippen LogP contribution in [0.15, 0.2) is 12.2 Å². The Balaban J connectivity index is -0.000000218. The zero-order valence-corrected chi connectivity index (χ0v) is 14.5. The average Bonchev–Trinajstić information content (AvgIpc) is 2.26. The van der Waals surface area contributed by atoms with E-state index in [0.29, 0.717) is 12.2 Å². The summed E-state index contributed by atoms with van der Waals surface area (Å²) in [6.07, 6.45) is 0.769. The van der Waals surface area contributed by atoms with Crippen molar-refractivity contribution in [1.29, 1.82) is 0 Å². The Labute approximate surface area is 146 Å². The van der Waals surface area contributed by atoms with Crippen LogP contribution < -0.4 is 61.6 Å². The standard InChI is InChI=1S/C7H18N.C4H4O4.K/c1-5-8(4,6-2)7-3;5-3(6)1-2-4(7)8;/h5-7H2,1-4H3;1-2H,(H,5,6)(H,7,8);/q+1;;+1/p-2/b;2-1+;. The van der Waals surface area contributed by atoms with Gasteiger partial charge in [-0.2, -0.15) is 0 Å². The molecule has 0 rings (SSSR count). The van der Waals surface area contributed by atoms with Gasteiger partial charge in [0.1, 0.15) is 0 Å². The molecule has 0 amide bonds. The zero-order chi connectivity index (χ0) is 13.2. The smallest absolute Gasteiger partial charge is 0.545 e. The van der Waals surface area contributed by atoms with Crippen LogP contribution in [-0.4, -0.2) is 43.1 Å². The minimum Gasteiger partial charge on any atom is -0.545 e. The van der Waals surface area contributed by atoms with Crippen molar-refractivity contribution in [1.82, 2.24) is 0 Å². The fraction of sp³-hybridized carbons (Fsp3) is 0.636. The summed E-state index contributed by atoms with van der Waals surface area (Å²) in [7, 11) is 2.29. The van der Waals surface area contributed by atoms with Gasteiger partial charge in [-0.05, 0) is 32.9 Å². The van der Waals surface area contributed by atoms with Crippen LogP contribution in [0.5, 0.6) is 0 Å². The Morgan fingerprint density at radius 3 is 1.24 bits per heavy atom. The summed E-state index contributed by atoms with van der Waals surface area (Å²) in [4.78, 5) is 18.8. The summed E-state index contributed by atoms with van der Waals surface area (Å²) >= 11 is 0. The van der Waals surface area contributed by atoms with Gasteiger partial charge in [0.15, 0.2) is 0 Å². The molecular formula is C11H20KNO4. The summed E-state index contributed by atoms with van der Waals surface area (Å²) < 4.78 is 1.21. The van der Waals surface area contributed by atoms with Crippen molar-refractivity contribution in [2.24, 2.45) is 0 Å². The van der Waals surface area contributed by atoms with Crippen molar-refractivity contribution in [3.8, 4) is 0 Å². The Hall–Kier alpha value is 0.276. The summed E-state index contributed by atoms with van der Waals surface area (Å²) in [6, 6.07) is 0. The molecule has 0 aromatic heterocycles. The van der Waals surface area contributed by atoms with E-state index in [0.717, 1.165) is 0 Å². The number of hydrogen-bond donors (Lipinski definition) is 0. The van der Waals surface area contributed by atoms with Gasteiger partial charge in [0, 0.05) is 0 Å². The second kappa shape index (κ2) is 12.7. The molecule has 0 saturated carbocycles. The van der Waals surface area contributed by atoms with Gasteiger partial charge < -0.3 is 24.3 Å². The van der Waals surface area contributed by atoms with Gasteiger partial charge in [0.2, 0.25) is 0 Å². The maximum atomic E-state index is 9.41. The van der Waals surface area contributed by atoms with E-state index in [2.05, 4.69) is 27.8 Å². The molecule has 6 heteroatoms. The summed E-state index contributed by atoms with van der Waals surface area (Å²) in [5.74, 6) is -3.09. The van der Waals surface area contributed by atoms with Gasteiger partial charge in [-0.3, -0.25) is 0 Å². The number of nitrogens with zero attached hydrogens (tertiary/aromatic N) is 1. The van der Waals surface area contributed by atoms with Gasteiger partial charge in [-0.1, -0.05) is 0 Å². The van der Waals surface area contributed by atoms with Crippen molar-refractivity contribution >= 4 is 11.9 Å². The third-order valence-corrected chi connectivity index (χ3v) is 2.65. The Bertz CT molecular complexity index is 226. The Kier molecular flexibility index (Phi) is 16.8. The second-order valence-electron chi connectivity index (χ2n) is 3.54. The topological polar surface area (TPSA) is 80.3 Å². The number of rotatable bonds is 5. The Morgan fingerprint density at radius 1 is 0.941 bits per heavy atom. The summed E-state index contributed by atoms with van der Waals surface area (Å²) in [5, 5.41) is 18.8. The average molecular weight is 269 g/mol. The number of carbonyl (C=O) groups excluding carboxylic acids is 2. The molecule has 0 N–H and O–H groups in total. The van der Waals surface area contributed by atoms with Gasteiger partial charge in [-0.25, -0.2) is 0 Å². The van der Waals surface area contributed by atoms with Crippen LogP contribution in [0.2, 0.25) is 0 Å². The number of carboxylic acids is 2. The van der Waals surface area contributed by atoms with Crippen molar-refractivity contribution in [2.75, 3.05) is 26.7 Å². The molecule has 0 aromatic rings. The first kappa shape index (κ1) is 22.5. The first-order valence-electron chi connectivity index (χ1n) is 5.24. The molecule has 0 unspecified atom stereocenters. The summed E-state index contributed by atoms with van der Waals surface area (Å²) in [5.41, 5.74) is 0. The zero-order valence-electron chi connectivity index (χ0n) is 11.4. The third kappa shape index (κ3) is 16.3. The Morgan fingerprint density at radius 2 is 1.18 bits per heavy atom. The normalized spacial score (nSPS) is 10.1. The molecule has 0 radical (unpaired) electrons. The van der Waals surface area contributed by atoms with E-state index in [9.17, 15) is 19.8 Å². The molecule has 0 aliphatic rings. The van der Waals surface area contributed by atoms with Crippen LogP contribution >= 0.6 is 0 Å². The van der Waals surface area contributed by atoms with Crippen LogP contribution in [-0.2, 0) is 9.59 Å². The van der Waals surface area contributed by atoms with Gasteiger partial charge >= 0.3 is 51.4 Å². The van der Waals surface area contributed by atoms with Crippen LogP contribution in [0, 0.1) is 0 Å². The van der Waals surface area contributed by atoms with Gasteiger partial charge in [0.25, 0.3) is 0 Å². The number of quaternary nitrogens is 1. The molecule has 0 aromatic carbocycles. The van der Waals surface area contributed by atoms with Crippen molar-refractivity contribution in [2.45, 2.75) is 20.8 Å². The van der Waals surface area contributed by atoms with E-state index in [1.54, 1.807) is 0 Å². The molecular weight excluding hydrogens is 249 g/mol. The van der Waals surface area contributed by atoms with E-state index < -0.39 is 11.9 Å². The maximum Gasteiger partial charge on any atom is 1.00 e. The predicted octanol–water partition coefficient (Wildman–Crippen LogP) is -4.46. The van der Waals surface area contributed by atoms with E-state index in [1.165, 1.54) is 24.1 Å². The number of carboxylic acid groups (broad SMARTS) is 2. The predicted molar refractivity (Wildman–Crippen MR) is 57.0 cm³/mol. The SMILES string of the molecule is CC[N+](C)(CC)CC.O=C([O-])/C=C/C(=O)[O-].[K+]. The van der Waals surface area contributed by atoms with Gasteiger partial charge in [0.05, 0.1) is 38.6 Å². The fourth-order valence-corrected chi connectivity index (χ4v) is 0.807. The molecule has 0 aliphatic carbocycles. The number of carbonyl (C=O) groups is 2. The first-order chi connectivity index (χ1) is 7.31. The minimum atomic E-state index is -1.55. The van der Waals surface area contributed by atoms with Crippen molar-refractivity contribution < 1.29 is 75.7 Å². The van der Waals surface area contributed by atoms with E-state index >= 15 is 0 Å². The molecule has 0 heterocycles. The largest absolute Gasteiger partial charge is 1.00 e. The molecule has 5 nitrogen and oxygen atoms in total. The monoisotopic (exact) mass is 269 g/mol. The van der Waals surface area contributed by atoms with Gasteiger partial charge in [-0.15, -0.1) is 0 Å². The van der Waals surface area contributed by atoms with Crippen molar-refractivity contribution in [3.63, 3.8) is 0 Å². The molecule has 0 saturated heterocycles. The molecule has 94 valence electrons. The van der Waals surface area contributed by atoms with Crippen LogP contribution in [0.1, 0.15) is 20.8 Å². The second-order valence-corrected chi connectivity index (χ2v) is 3.54. The molecule has 0 fully saturated rings. The molecule has 0 bridgehead atoms. The maximum absolute atomic E-state index is 9.41. The first-order valence-corrected chi connectivity index (χ1v) is 5.24. The van der Waals surface area contributed by atoms with Crippen molar-refractivity contribution in [3.05, 3.63) is 12.2 Å². The fourth-order valence-electron chi connectivity index (χ4n) is 0.807. The molecule has 0 aliphatic heterocycles. The third-order valence-electron chi connectivity index (χ3n) is 2.65. The molecule has 0 spiro atoms. The number of hydrogen-bond acceptors (Lipinski definition) is 4. The quantitative estimate of drug-likeness (QED) is 0.286. The van der Waals surface area contributed by atoms with Crippen LogP contribution in [0.4, 0.5) is 0 Å². The van der Waals surface area contributed by atoms with E-state index in [1.807, 2.05) is 0 Å².